The molecule has 4 nitrogen and oxygen atoms in total. The SMILES string of the molecule is Clc1ccc2nsnc2c1NC1=NC2(CCCCC2)CS1. The van der Waals surface area contributed by atoms with Crippen LogP contribution in [-0.4, -0.2) is 25.2 Å². The third kappa shape index (κ3) is 2.53. The lowest BCUT2D eigenvalue weighted by molar-refractivity contribution is 0.335. The van der Waals surface area contributed by atoms with Crippen molar-refractivity contribution in [3.8, 4) is 0 Å². The Hall–Kier alpha value is -0.850. The second kappa shape index (κ2) is 5.41. The summed E-state index contributed by atoms with van der Waals surface area (Å²) in [5.74, 6) is 1.08. The van der Waals surface area contributed by atoms with E-state index in [1.807, 2.05) is 12.1 Å². The molecule has 4 rings (SSSR count). The number of rotatable bonds is 1. The van der Waals surface area contributed by atoms with Crippen molar-refractivity contribution in [1.82, 2.24) is 8.75 Å². The molecule has 1 aromatic heterocycles. The van der Waals surface area contributed by atoms with Crippen LogP contribution in [-0.2, 0) is 0 Å². The zero-order valence-electron chi connectivity index (χ0n) is 11.4. The lowest BCUT2D eigenvalue weighted by Gasteiger charge is -2.29. The molecular formula is C14H15ClN4S2. The van der Waals surface area contributed by atoms with Crippen molar-refractivity contribution in [2.24, 2.45) is 4.99 Å². The predicted octanol–water partition coefficient (Wildman–Crippen LogP) is 4.56. The topological polar surface area (TPSA) is 50.2 Å². The summed E-state index contributed by atoms with van der Waals surface area (Å²) >= 11 is 9.33. The number of benzene rings is 1. The maximum absolute atomic E-state index is 6.33. The maximum atomic E-state index is 6.33. The Labute approximate surface area is 136 Å². The van der Waals surface area contributed by atoms with Gasteiger partial charge in [-0.3, -0.25) is 4.99 Å². The van der Waals surface area contributed by atoms with E-state index in [1.165, 1.54) is 43.8 Å². The number of amidine groups is 1. The molecule has 1 aliphatic carbocycles. The smallest absolute Gasteiger partial charge is 0.161 e. The van der Waals surface area contributed by atoms with Gasteiger partial charge in [-0.05, 0) is 25.0 Å². The van der Waals surface area contributed by atoms with Crippen LogP contribution in [0.3, 0.4) is 0 Å². The van der Waals surface area contributed by atoms with Gasteiger partial charge >= 0.3 is 0 Å². The molecule has 1 N–H and O–H groups in total. The van der Waals surface area contributed by atoms with Crippen molar-refractivity contribution >= 4 is 57.0 Å². The van der Waals surface area contributed by atoms with Gasteiger partial charge < -0.3 is 5.32 Å². The highest BCUT2D eigenvalue weighted by Crippen LogP contribution is 2.41. The molecule has 0 radical (unpaired) electrons. The van der Waals surface area contributed by atoms with Crippen molar-refractivity contribution in [2.45, 2.75) is 37.6 Å². The van der Waals surface area contributed by atoms with E-state index in [-0.39, 0.29) is 5.54 Å². The van der Waals surface area contributed by atoms with Gasteiger partial charge in [-0.25, -0.2) is 0 Å². The first kappa shape index (κ1) is 13.8. The highest BCUT2D eigenvalue weighted by molar-refractivity contribution is 8.14. The summed E-state index contributed by atoms with van der Waals surface area (Å²) < 4.78 is 8.61. The first-order valence-electron chi connectivity index (χ1n) is 7.16. The number of aliphatic imine (C=N–C) groups is 1. The normalized spacial score (nSPS) is 20.9. The fourth-order valence-electron chi connectivity index (χ4n) is 3.07. The third-order valence-electron chi connectivity index (χ3n) is 4.21. The van der Waals surface area contributed by atoms with Crippen molar-refractivity contribution in [2.75, 3.05) is 11.1 Å². The summed E-state index contributed by atoms with van der Waals surface area (Å²) in [6.07, 6.45) is 6.36. The number of nitrogens with one attached hydrogen (secondary N) is 1. The Morgan fingerprint density at radius 1 is 1.14 bits per heavy atom. The quantitative estimate of drug-likeness (QED) is 0.828. The van der Waals surface area contributed by atoms with Crippen molar-refractivity contribution in [3.63, 3.8) is 0 Å². The molecule has 2 heterocycles. The lowest BCUT2D eigenvalue weighted by atomic mass is 9.84. The summed E-state index contributed by atoms with van der Waals surface area (Å²) in [7, 11) is 0. The Morgan fingerprint density at radius 3 is 2.86 bits per heavy atom. The first-order chi connectivity index (χ1) is 10.3. The van der Waals surface area contributed by atoms with Crippen LogP contribution < -0.4 is 5.32 Å². The molecule has 1 aliphatic heterocycles. The van der Waals surface area contributed by atoms with Crippen LogP contribution in [0.1, 0.15) is 32.1 Å². The molecule has 1 saturated carbocycles. The standard InChI is InChI=1S/C14H15ClN4S2/c15-9-4-5-10-12(19-21-18-10)11(9)16-13-17-14(8-20-13)6-2-1-3-7-14/h4-5H,1-3,6-8H2,(H,16,17). The summed E-state index contributed by atoms with van der Waals surface area (Å²) in [6, 6.07) is 3.77. The van der Waals surface area contributed by atoms with Crippen LogP contribution in [0.25, 0.3) is 11.0 Å². The molecule has 21 heavy (non-hydrogen) atoms. The van der Waals surface area contributed by atoms with Gasteiger partial charge in [0, 0.05) is 5.75 Å². The van der Waals surface area contributed by atoms with Crippen LogP contribution in [0.4, 0.5) is 5.69 Å². The minimum Gasteiger partial charge on any atom is -0.332 e. The Kier molecular flexibility index (Phi) is 3.55. The van der Waals surface area contributed by atoms with Crippen LogP contribution in [0.15, 0.2) is 17.1 Å². The second-order valence-corrected chi connectivity index (χ2v) is 7.57. The number of hydrogen-bond donors (Lipinski definition) is 1. The first-order valence-corrected chi connectivity index (χ1v) is 9.26. The van der Waals surface area contributed by atoms with Crippen LogP contribution in [0.5, 0.6) is 0 Å². The lowest BCUT2D eigenvalue weighted by Crippen LogP contribution is -2.29. The second-order valence-electron chi connectivity index (χ2n) is 5.67. The molecule has 0 saturated heterocycles. The number of anilines is 1. The van der Waals surface area contributed by atoms with Crippen molar-refractivity contribution in [1.29, 1.82) is 0 Å². The van der Waals surface area contributed by atoms with E-state index in [0.29, 0.717) is 5.02 Å². The van der Waals surface area contributed by atoms with E-state index in [4.69, 9.17) is 16.6 Å². The highest BCUT2D eigenvalue weighted by Gasteiger charge is 2.36. The van der Waals surface area contributed by atoms with Crippen LogP contribution in [0.2, 0.25) is 5.02 Å². The van der Waals surface area contributed by atoms with Gasteiger partial charge in [-0.15, -0.1) is 0 Å². The number of halogens is 1. The fourth-order valence-corrected chi connectivity index (χ4v) is 5.00. The van der Waals surface area contributed by atoms with Crippen molar-refractivity contribution in [3.05, 3.63) is 17.2 Å². The molecule has 0 atom stereocenters. The minimum atomic E-state index is 0.159. The number of aromatic nitrogens is 2. The number of nitrogens with zero attached hydrogens (tertiary/aromatic N) is 3. The van der Waals surface area contributed by atoms with E-state index >= 15 is 0 Å². The van der Waals surface area contributed by atoms with Gasteiger partial charge in [0.1, 0.15) is 11.0 Å². The Morgan fingerprint density at radius 2 is 2.00 bits per heavy atom. The van der Waals surface area contributed by atoms with E-state index < -0.39 is 0 Å². The molecule has 0 unspecified atom stereocenters. The van der Waals surface area contributed by atoms with E-state index in [0.717, 1.165) is 27.6 Å². The summed E-state index contributed by atoms with van der Waals surface area (Å²) in [6.45, 7) is 0. The molecule has 1 fully saturated rings. The summed E-state index contributed by atoms with van der Waals surface area (Å²) in [5.41, 5.74) is 2.71. The van der Waals surface area contributed by atoms with Gasteiger partial charge in [-0.2, -0.15) is 8.75 Å². The maximum Gasteiger partial charge on any atom is 0.161 e. The van der Waals surface area contributed by atoms with Gasteiger partial charge in [0.25, 0.3) is 0 Å². The largest absolute Gasteiger partial charge is 0.332 e. The molecule has 0 bridgehead atoms. The van der Waals surface area contributed by atoms with E-state index in [1.54, 1.807) is 11.8 Å². The molecule has 1 aromatic carbocycles. The molecular weight excluding hydrogens is 324 g/mol. The zero-order valence-corrected chi connectivity index (χ0v) is 13.8. The van der Waals surface area contributed by atoms with E-state index in [2.05, 4.69) is 14.1 Å². The Bertz CT molecular complexity index is 706. The summed E-state index contributed by atoms with van der Waals surface area (Å²) in [5, 5.41) is 5.04. The molecule has 7 heteroatoms. The molecule has 110 valence electrons. The molecule has 2 aromatic rings. The monoisotopic (exact) mass is 338 g/mol. The van der Waals surface area contributed by atoms with E-state index in [9.17, 15) is 0 Å². The van der Waals surface area contributed by atoms with Crippen molar-refractivity contribution < 1.29 is 0 Å². The highest BCUT2D eigenvalue weighted by atomic mass is 35.5. The fraction of sp³-hybridized carbons (Fsp3) is 0.500. The number of fused-ring (bicyclic) bond motifs is 1. The van der Waals surface area contributed by atoms with Gasteiger partial charge in [-0.1, -0.05) is 42.6 Å². The molecule has 0 amide bonds. The number of hydrogen-bond acceptors (Lipinski definition) is 6. The van der Waals surface area contributed by atoms with Gasteiger partial charge in [0.15, 0.2) is 5.17 Å². The molecule has 2 aliphatic rings. The van der Waals surface area contributed by atoms with Crippen LogP contribution >= 0.6 is 35.1 Å². The predicted molar refractivity (Wildman–Crippen MR) is 91.8 cm³/mol. The zero-order chi connectivity index (χ0) is 14.3. The average Bonchev–Trinajstić information content (AvgIpc) is 3.11. The van der Waals surface area contributed by atoms with Gasteiger partial charge in [0.05, 0.1) is 28.0 Å². The minimum absolute atomic E-state index is 0.159. The van der Waals surface area contributed by atoms with Crippen LogP contribution in [0, 0.1) is 0 Å². The third-order valence-corrected chi connectivity index (χ3v) is 6.22. The molecule has 1 spiro atoms. The van der Waals surface area contributed by atoms with Gasteiger partial charge in [0.2, 0.25) is 0 Å². The Balaban J connectivity index is 1.65. The number of thioether (sulfide) groups is 1. The summed E-state index contributed by atoms with van der Waals surface area (Å²) in [4.78, 5) is 4.97. The average molecular weight is 339 g/mol.